The van der Waals surface area contributed by atoms with Crippen LogP contribution in [0.5, 0.6) is 5.75 Å². The third kappa shape index (κ3) is 4.07. The number of nitrogens with one attached hydrogen (secondary N) is 1. The molecular weight excluding hydrogens is 276 g/mol. The third-order valence-corrected chi connectivity index (χ3v) is 3.63. The highest BCUT2D eigenvalue weighted by Gasteiger charge is 2.16. The number of amides is 1. The van der Waals surface area contributed by atoms with Gasteiger partial charge < -0.3 is 10.1 Å². The fourth-order valence-electron chi connectivity index (χ4n) is 2.20. The molecule has 1 unspecified atom stereocenters. The normalized spacial score (nSPS) is 11.8. The number of carbonyl (C=O) groups excluding carboxylic acids is 1. The van der Waals surface area contributed by atoms with Crippen molar-refractivity contribution in [3.05, 3.63) is 58.9 Å². The highest BCUT2D eigenvalue weighted by Crippen LogP contribution is 2.24. The van der Waals surface area contributed by atoms with E-state index in [2.05, 4.69) is 16.4 Å². The first-order valence-electron chi connectivity index (χ1n) is 7.38. The van der Waals surface area contributed by atoms with E-state index in [1.165, 1.54) is 0 Å². The summed E-state index contributed by atoms with van der Waals surface area (Å²) in [7, 11) is 0. The highest BCUT2D eigenvalue weighted by atomic mass is 16.5. The van der Waals surface area contributed by atoms with Crippen molar-refractivity contribution in [3.8, 4) is 5.75 Å². The minimum absolute atomic E-state index is 0.137. The molecule has 0 aliphatic heterocycles. The summed E-state index contributed by atoms with van der Waals surface area (Å²) in [4.78, 5) is 16.2. The second-order valence-corrected chi connectivity index (χ2v) is 5.54. The lowest BCUT2D eigenvalue weighted by Gasteiger charge is -2.18. The first-order chi connectivity index (χ1) is 10.5. The predicted molar refractivity (Wildman–Crippen MR) is 86.8 cm³/mol. The highest BCUT2D eigenvalue weighted by molar-refractivity contribution is 5.80. The van der Waals surface area contributed by atoms with E-state index in [1.807, 2.05) is 39.0 Å². The maximum Gasteiger partial charge on any atom is 0.261 e. The van der Waals surface area contributed by atoms with Crippen molar-refractivity contribution in [3.63, 3.8) is 0 Å². The first kappa shape index (κ1) is 16.0. The van der Waals surface area contributed by atoms with Crippen LogP contribution in [0.3, 0.4) is 0 Å². The van der Waals surface area contributed by atoms with Gasteiger partial charge in [-0.05, 0) is 62.1 Å². The number of hydrogen-bond acceptors (Lipinski definition) is 3. The van der Waals surface area contributed by atoms with Crippen molar-refractivity contribution in [1.82, 2.24) is 10.3 Å². The van der Waals surface area contributed by atoms with Gasteiger partial charge in [0.25, 0.3) is 5.91 Å². The molecule has 1 atom stereocenters. The Morgan fingerprint density at radius 2 is 2.09 bits per heavy atom. The summed E-state index contributed by atoms with van der Waals surface area (Å²) >= 11 is 0. The number of pyridine rings is 1. The fraction of sp³-hybridized carbons (Fsp3) is 0.333. The quantitative estimate of drug-likeness (QED) is 0.923. The van der Waals surface area contributed by atoms with Crippen molar-refractivity contribution in [2.45, 2.75) is 40.3 Å². The molecule has 0 radical (unpaired) electrons. The van der Waals surface area contributed by atoms with Gasteiger partial charge in [0.1, 0.15) is 5.75 Å². The molecule has 0 aliphatic carbocycles. The van der Waals surface area contributed by atoms with E-state index in [1.54, 1.807) is 19.3 Å². The largest absolute Gasteiger partial charge is 0.481 e. The molecule has 1 heterocycles. The molecule has 0 spiro atoms. The first-order valence-corrected chi connectivity index (χ1v) is 7.38. The van der Waals surface area contributed by atoms with Crippen LogP contribution in [-0.2, 0) is 11.3 Å². The van der Waals surface area contributed by atoms with Gasteiger partial charge in [0.2, 0.25) is 0 Å². The van der Waals surface area contributed by atoms with Crippen molar-refractivity contribution in [2.75, 3.05) is 0 Å². The molecule has 0 aliphatic rings. The van der Waals surface area contributed by atoms with E-state index in [0.29, 0.717) is 6.54 Å². The SMILES string of the molecule is Cc1cc(C)c(C)c(OC(C)C(=O)NCc2cccnc2)c1. The van der Waals surface area contributed by atoms with Gasteiger partial charge in [-0.15, -0.1) is 0 Å². The number of benzene rings is 1. The molecule has 1 N–H and O–H groups in total. The molecule has 0 saturated heterocycles. The zero-order chi connectivity index (χ0) is 16.1. The predicted octanol–water partition coefficient (Wildman–Crippen LogP) is 3.09. The summed E-state index contributed by atoms with van der Waals surface area (Å²) in [5.74, 6) is 0.629. The Kier molecular flexibility index (Phi) is 5.15. The molecule has 116 valence electrons. The van der Waals surface area contributed by atoms with Gasteiger partial charge in [0.15, 0.2) is 6.10 Å². The van der Waals surface area contributed by atoms with E-state index in [0.717, 1.165) is 28.0 Å². The third-order valence-electron chi connectivity index (χ3n) is 3.63. The van der Waals surface area contributed by atoms with Crippen molar-refractivity contribution >= 4 is 5.91 Å². The average Bonchev–Trinajstić information content (AvgIpc) is 2.50. The lowest BCUT2D eigenvalue weighted by Crippen LogP contribution is -2.36. The minimum atomic E-state index is -0.545. The molecule has 0 fully saturated rings. The Labute approximate surface area is 131 Å². The lowest BCUT2D eigenvalue weighted by molar-refractivity contribution is -0.127. The lowest BCUT2D eigenvalue weighted by atomic mass is 10.1. The summed E-state index contributed by atoms with van der Waals surface area (Å²) in [5, 5.41) is 2.86. The smallest absolute Gasteiger partial charge is 0.261 e. The van der Waals surface area contributed by atoms with E-state index in [-0.39, 0.29) is 5.91 Å². The zero-order valence-electron chi connectivity index (χ0n) is 13.5. The second-order valence-electron chi connectivity index (χ2n) is 5.54. The van der Waals surface area contributed by atoms with Crippen LogP contribution in [0.4, 0.5) is 0 Å². The summed E-state index contributed by atoms with van der Waals surface area (Å²) in [6.07, 6.45) is 2.90. The Morgan fingerprint density at radius 3 is 2.77 bits per heavy atom. The molecular formula is C18H22N2O2. The topological polar surface area (TPSA) is 51.2 Å². The van der Waals surface area contributed by atoms with Crippen LogP contribution >= 0.6 is 0 Å². The van der Waals surface area contributed by atoms with Gasteiger partial charge in [-0.2, -0.15) is 0 Å². The van der Waals surface area contributed by atoms with E-state index in [9.17, 15) is 4.79 Å². The van der Waals surface area contributed by atoms with Crippen molar-refractivity contribution in [1.29, 1.82) is 0 Å². The number of aryl methyl sites for hydroxylation is 2. The molecule has 22 heavy (non-hydrogen) atoms. The molecule has 1 aromatic heterocycles. The number of carbonyl (C=O) groups is 1. The number of rotatable bonds is 5. The molecule has 1 aromatic carbocycles. The van der Waals surface area contributed by atoms with Gasteiger partial charge in [-0.3, -0.25) is 9.78 Å². The minimum Gasteiger partial charge on any atom is -0.481 e. The maximum atomic E-state index is 12.1. The Balaban J connectivity index is 1.97. The van der Waals surface area contributed by atoms with E-state index >= 15 is 0 Å². The number of ether oxygens (including phenoxy) is 1. The van der Waals surface area contributed by atoms with Crippen molar-refractivity contribution in [2.24, 2.45) is 0 Å². The van der Waals surface area contributed by atoms with Gasteiger partial charge in [0, 0.05) is 18.9 Å². The molecule has 0 saturated carbocycles. The molecule has 2 rings (SSSR count). The van der Waals surface area contributed by atoms with Crippen LogP contribution in [-0.4, -0.2) is 17.0 Å². The van der Waals surface area contributed by atoms with Crippen LogP contribution < -0.4 is 10.1 Å². The molecule has 2 aromatic rings. The summed E-state index contributed by atoms with van der Waals surface area (Å²) in [6, 6.07) is 7.84. The van der Waals surface area contributed by atoms with Gasteiger partial charge >= 0.3 is 0 Å². The van der Waals surface area contributed by atoms with E-state index in [4.69, 9.17) is 4.74 Å². The van der Waals surface area contributed by atoms with E-state index < -0.39 is 6.10 Å². The van der Waals surface area contributed by atoms with Crippen LogP contribution in [0.15, 0.2) is 36.7 Å². The Morgan fingerprint density at radius 1 is 1.32 bits per heavy atom. The molecule has 4 heteroatoms. The Hall–Kier alpha value is -2.36. The standard InChI is InChI=1S/C18H22N2O2/c1-12-8-13(2)14(3)17(9-12)22-15(4)18(21)20-11-16-6-5-7-19-10-16/h5-10,15H,11H2,1-4H3,(H,20,21). The number of nitrogens with zero attached hydrogens (tertiary/aromatic N) is 1. The zero-order valence-corrected chi connectivity index (χ0v) is 13.5. The van der Waals surface area contributed by atoms with Gasteiger partial charge in [-0.1, -0.05) is 12.1 Å². The number of hydrogen-bond donors (Lipinski definition) is 1. The Bertz CT molecular complexity index is 654. The maximum absolute atomic E-state index is 12.1. The monoisotopic (exact) mass is 298 g/mol. The molecule has 1 amide bonds. The van der Waals surface area contributed by atoms with Crippen LogP contribution in [0.2, 0.25) is 0 Å². The second kappa shape index (κ2) is 7.07. The van der Waals surface area contributed by atoms with Gasteiger partial charge in [-0.25, -0.2) is 0 Å². The average molecular weight is 298 g/mol. The summed E-state index contributed by atoms with van der Waals surface area (Å²) in [6.45, 7) is 8.28. The van der Waals surface area contributed by atoms with Crippen LogP contribution in [0.25, 0.3) is 0 Å². The summed E-state index contributed by atoms with van der Waals surface area (Å²) < 4.78 is 5.83. The van der Waals surface area contributed by atoms with Gasteiger partial charge in [0.05, 0.1) is 0 Å². The van der Waals surface area contributed by atoms with Crippen LogP contribution in [0, 0.1) is 20.8 Å². The van der Waals surface area contributed by atoms with Crippen molar-refractivity contribution < 1.29 is 9.53 Å². The molecule has 0 bridgehead atoms. The summed E-state index contributed by atoms with van der Waals surface area (Å²) in [5.41, 5.74) is 4.32. The van der Waals surface area contributed by atoms with Crippen LogP contribution in [0.1, 0.15) is 29.2 Å². The molecule has 4 nitrogen and oxygen atoms in total. The fourth-order valence-corrected chi connectivity index (χ4v) is 2.20. The number of aromatic nitrogens is 1.